The van der Waals surface area contributed by atoms with E-state index in [0.29, 0.717) is 0 Å². The third-order valence-corrected chi connectivity index (χ3v) is 3.79. The van der Waals surface area contributed by atoms with Gasteiger partial charge < -0.3 is 11.5 Å². The molecule has 0 aliphatic heterocycles. The molecule has 2 heteroatoms. The van der Waals surface area contributed by atoms with Crippen LogP contribution in [0.25, 0.3) is 0 Å². The number of anilines is 2. The fourth-order valence-electron chi connectivity index (χ4n) is 2.59. The molecule has 0 spiro atoms. The molecule has 0 aromatic heterocycles. The van der Waals surface area contributed by atoms with Gasteiger partial charge >= 0.3 is 0 Å². The zero-order valence-electron chi connectivity index (χ0n) is 10.4. The lowest BCUT2D eigenvalue weighted by Crippen LogP contribution is -2.05. The topological polar surface area (TPSA) is 52.0 Å². The highest BCUT2D eigenvalue weighted by Crippen LogP contribution is 2.25. The van der Waals surface area contributed by atoms with Gasteiger partial charge in [-0.2, -0.15) is 0 Å². The summed E-state index contributed by atoms with van der Waals surface area (Å²) in [6, 6.07) is 13.0. The fourth-order valence-corrected chi connectivity index (χ4v) is 2.59. The molecule has 2 aromatic carbocycles. The molecule has 4 aliphatic carbocycles. The first-order valence-corrected chi connectivity index (χ1v) is 6.47. The Morgan fingerprint density at radius 3 is 1.39 bits per heavy atom. The summed E-state index contributed by atoms with van der Waals surface area (Å²) in [5.41, 5.74) is 19.0. The van der Waals surface area contributed by atoms with Crippen LogP contribution in [0.4, 0.5) is 11.4 Å². The van der Waals surface area contributed by atoms with Gasteiger partial charge in [-0.3, -0.25) is 0 Å². The zero-order chi connectivity index (χ0) is 12.5. The van der Waals surface area contributed by atoms with E-state index in [-0.39, 0.29) is 0 Å². The number of hydrogen-bond donors (Lipinski definition) is 2. The summed E-state index contributed by atoms with van der Waals surface area (Å²) in [5, 5.41) is 0. The second-order valence-electron chi connectivity index (χ2n) is 5.07. The Labute approximate surface area is 108 Å². The van der Waals surface area contributed by atoms with Crippen LogP contribution in [-0.4, -0.2) is 0 Å². The maximum absolute atomic E-state index is 6.11. The molecule has 4 bridgehead atoms. The molecular weight excluding hydrogens is 220 g/mol. The summed E-state index contributed by atoms with van der Waals surface area (Å²) >= 11 is 0. The quantitative estimate of drug-likeness (QED) is 0.693. The Kier molecular flexibility index (Phi) is 2.71. The van der Waals surface area contributed by atoms with E-state index < -0.39 is 0 Å². The molecule has 0 heterocycles. The first-order chi connectivity index (χ1) is 8.72. The Bertz CT molecular complexity index is 518. The molecule has 92 valence electrons. The minimum Gasteiger partial charge on any atom is -0.398 e. The summed E-state index contributed by atoms with van der Waals surface area (Å²) < 4.78 is 0. The molecule has 6 rings (SSSR count). The standard InChI is InChI=1S/C16H18N2/c17-15-10-14-8-6-12-2-1-11(3-4-12)5-7-13(15)9-16(14)18/h1-4,9-10H,5-8,17-18H2. The lowest BCUT2D eigenvalue weighted by molar-refractivity contribution is 0.926. The molecule has 2 aromatic rings. The molecule has 0 atom stereocenters. The van der Waals surface area contributed by atoms with Crippen LogP contribution in [0.2, 0.25) is 0 Å². The molecule has 0 saturated carbocycles. The van der Waals surface area contributed by atoms with Crippen molar-refractivity contribution in [3.8, 4) is 0 Å². The van der Waals surface area contributed by atoms with Crippen molar-refractivity contribution in [2.45, 2.75) is 25.7 Å². The van der Waals surface area contributed by atoms with Crippen molar-refractivity contribution in [2.24, 2.45) is 0 Å². The third kappa shape index (κ3) is 2.06. The molecule has 0 amide bonds. The second kappa shape index (κ2) is 4.37. The summed E-state index contributed by atoms with van der Waals surface area (Å²) in [7, 11) is 0. The van der Waals surface area contributed by atoms with Crippen LogP contribution in [-0.2, 0) is 25.7 Å². The van der Waals surface area contributed by atoms with E-state index in [1.54, 1.807) is 0 Å². The number of aryl methyl sites for hydroxylation is 4. The van der Waals surface area contributed by atoms with Crippen LogP contribution in [0, 0.1) is 0 Å². The summed E-state index contributed by atoms with van der Waals surface area (Å²) in [5.74, 6) is 0. The van der Waals surface area contributed by atoms with Crippen molar-refractivity contribution in [1.29, 1.82) is 0 Å². The molecule has 0 saturated heterocycles. The van der Waals surface area contributed by atoms with Gasteiger partial charge in [0, 0.05) is 11.4 Å². The van der Waals surface area contributed by atoms with E-state index in [4.69, 9.17) is 11.5 Å². The van der Waals surface area contributed by atoms with E-state index in [2.05, 4.69) is 36.4 Å². The van der Waals surface area contributed by atoms with Crippen LogP contribution < -0.4 is 11.5 Å². The van der Waals surface area contributed by atoms with Crippen molar-refractivity contribution < 1.29 is 0 Å². The highest BCUT2D eigenvalue weighted by atomic mass is 14.6. The van der Waals surface area contributed by atoms with E-state index in [1.807, 2.05) is 0 Å². The highest BCUT2D eigenvalue weighted by molar-refractivity contribution is 5.61. The Balaban J connectivity index is 2.05. The van der Waals surface area contributed by atoms with Gasteiger partial charge in [0.25, 0.3) is 0 Å². The van der Waals surface area contributed by atoms with Gasteiger partial charge in [0.1, 0.15) is 0 Å². The van der Waals surface area contributed by atoms with Gasteiger partial charge in [-0.05, 0) is 60.1 Å². The molecule has 0 radical (unpaired) electrons. The molecule has 4 N–H and O–H groups in total. The van der Waals surface area contributed by atoms with Crippen LogP contribution in [0.3, 0.4) is 0 Å². The predicted octanol–water partition coefficient (Wildman–Crippen LogP) is 2.73. The monoisotopic (exact) mass is 238 g/mol. The van der Waals surface area contributed by atoms with Crippen LogP contribution >= 0.6 is 0 Å². The van der Waals surface area contributed by atoms with Gasteiger partial charge in [-0.15, -0.1) is 0 Å². The minimum absolute atomic E-state index is 0.884. The van der Waals surface area contributed by atoms with Crippen molar-refractivity contribution >= 4 is 11.4 Å². The highest BCUT2D eigenvalue weighted by Gasteiger charge is 2.08. The largest absolute Gasteiger partial charge is 0.398 e. The van der Waals surface area contributed by atoms with Crippen LogP contribution in [0.15, 0.2) is 36.4 Å². The average Bonchev–Trinajstić information content (AvgIpc) is 2.37. The van der Waals surface area contributed by atoms with Crippen LogP contribution in [0.1, 0.15) is 22.3 Å². The van der Waals surface area contributed by atoms with Gasteiger partial charge in [0.05, 0.1) is 0 Å². The maximum Gasteiger partial charge on any atom is 0.0350 e. The lowest BCUT2D eigenvalue weighted by atomic mass is 9.94. The molecule has 0 fully saturated rings. The SMILES string of the molecule is Nc1cc2c(N)cc1CCc1ccc(cc1)CC2. The van der Waals surface area contributed by atoms with Crippen molar-refractivity contribution in [2.75, 3.05) is 11.5 Å². The molecule has 0 unspecified atom stereocenters. The number of rotatable bonds is 0. The maximum atomic E-state index is 6.11. The third-order valence-electron chi connectivity index (χ3n) is 3.79. The van der Waals surface area contributed by atoms with E-state index in [0.717, 1.165) is 37.1 Å². The molecular formula is C16H18N2. The second-order valence-corrected chi connectivity index (χ2v) is 5.07. The first kappa shape index (κ1) is 11.1. The molecule has 2 nitrogen and oxygen atoms in total. The summed E-state index contributed by atoms with van der Waals surface area (Å²) in [6.45, 7) is 0. The van der Waals surface area contributed by atoms with Gasteiger partial charge in [0.15, 0.2) is 0 Å². The Morgan fingerprint density at radius 1 is 0.611 bits per heavy atom. The number of nitrogen functional groups attached to an aromatic ring is 2. The van der Waals surface area contributed by atoms with E-state index in [9.17, 15) is 0 Å². The summed E-state index contributed by atoms with van der Waals surface area (Å²) in [4.78, 5) is 0. The van der Waals surface area contributed by atoms with Crippen molar-refractivity contribution in [3.63, 3.8) is 0 Å². The van der Waals surface area contributed by atoms with Crippen molar-refractivity contribution in [3.05, 3.63) is 58.7 Å². The minimum atomic E-state index is 0.884. The van der Waals surface area contributed by atoms with Gasteiger partial charge in [-0.1, -0.05) is 24.3 Å². The average molecular weight is 238 g/mol. The Hall–Kier alpha value is -1.96. The van der Waals surface area contributed by atoms with E-state index in [1.165, 1.54) is 22.3 Å². The normalized spacial score (nSPS) is 14.2. The first-order valence-electron chi connectivity index (χ1n) is 6.47. The van der Waals surface area contributed by atoms with E-state index >= 15 is 0 Å². The van der Waals surface area contributed by atoms with Gasteiger partial charge in [-0.25, -0.2) is 0 Å². The predicted molar refractivity (Wildman–Crippen MR) is 76.5 cm³/mol. The molecule has 4 aliphatic rings. The number of nitrogens with two attached hydrogens (primary N) is 2. The Morgan fingerprint density at radius 2 is 1.00 bits per heavy atom. The van der Waals surface area contributed by atoms with Crippen molar-refractivity contribution in [1.82, 2.24) is 0 Å². The molecule has 18 heavy (non-hydrogen) atoms. The lowest BCUT2D eigenvalue weighted by Gasteiger charge is -2.14. The zero-order valence-corrected chi connectivity index (χ0v) is 10.4. The smallest absolute Gasteiger partial charge is 0.0350 e. The van der Waals surface area contributed by atoms with Gasteiger partial charge in [0.2, 0.25) is 0 Å². The summed E-state index contributed by atoms with van der Waals surface area (Å²) in [6.07, 6.45) is 3.94. The fraction of sp³-hybridized carbons (Fsp3) is 0.250. The number of benzene rings is 2. The number of hydrogen-bond acceptors (Lipinski definition) is 2. The van der Waals surface area contributed by atoms with Crippen LogP contribution in [0.5, 0.6) is 0 Å².